The van der Waals surface area contributed by atoms with Crippen LogP contribution in [0.15, 0.2) is 6.07 Å². The molecule has 0 aromatic heterocycles. The molecule has 0 aliphatic rings. The Balaban J connectivity index is 3.37. The Morgan fingerprint density at radius 2 is 1.20 bits per heavy atom. The Bertz CT molecular complexity index is 328. The molecular formula is C9H4F6. The van der Waals surface area contributed by atoms with Crippen LogP contribution in [0.5, 0.6) is 0 Å². The van der Waals surface area contributed by atoms with Gasteiger partial charge in [0.1, 0.15) is 0 Å². The van der Waals surface area contributed by atoms with Gasteiger partial charge in [-0.15, -0.1) is 0 Å². The number of alkyl halides is 6. The van der Waals surface area contributed by atoms with Gasteiger partial charge in [0.2, 0.25) is 0 Å². The second-order valence-electron chi connectivity index (χ2n) is 2.80. The predicted molar refractivity (Wildman–Crippen MR) is 38.9 cm³/mol. The molecule has 82 valence electrons. The van der Waals surface area contributed by atoms with Crippen molar-refractivity contribution in [1.82, 2.24) is 0 Å². The zero-order valence-electron chi connectivity index (χ0n) is 7.35. The van der Waals surface area contributed by atoms with Gasteiger partial charge in [-0.2, -0.15) is 26.3 Å². The summed E-state index contributed by atoms with van der Waals surface area (Å²) in [5, 5.41) is 0. The number of hydrogen-bond donors (Lipinski definition) is 0. The topological polar surface area (TPSA) is 0 Å². The molecule has 0 nitrogen and oxygen atoms in total. The summed E-state index contributed by atoms with van der Waals surface area (Å²) < 4.78 is 73.2. The summed E-state index contributed by atoms with van der Waals surface area (Å²) in [6, 6.07) is 3.92. The summed E-state index contributed by atoms with van der Waals surface area (Å²) in [7, 11) is 0. The Kier molecular flexibility index (Phi) is 2.71. The first-order valence-corrected chi connectivity index (χ1v) is 3.71. The largest absolute Gasteiger partial charge is 0.417 e. The lowest BCUT2D eigenvalue weighted by Gasteiger charge is -2.14. The van der Waals surface area contributed by atoms with Gasteiger partial charge in [0.25, 0.3) is 0 Å². The van der Waals surface area contributed by atoms with E-state index < -0.39 is 29.0 Å². The highest BCUT2D eigenvalue weighted by Crippen LogP contribution is 2.37. The molecule has 0 saturated carbocycles. The maximum absolute atomic E-state index is 12.2. The van der Waals surface area contributed by atoms with E-state index in [-0.39, 0.29) is 0 Å². The average molecular weight is 226 g/mol. The Morgan fingerprint density at radius 3 is 1.47 bits per heavy atom. The van der Waals surface area contributed by atoms with Crippen LogP contribution in [-0.4, -0.2) is 0 Å². The van der Waals surface area contributed by atoms with Gasteiger partial charge in [-0.05, 0) is 30.7 Å². The molecule has 6 heteroatoms. The lowest BCUT2D eigenvalue weighted by molar-refractivity contribution is -0.144. The molecule has 0 spiro atoms. The monoisotopic (exact) mass is 226 g/mol. The van der Waals surface area contributed by atoms with Crippen molar-refractivity contribution in [2.45, 2.75) is 19.3 Å². The van der Waals surface area contributed by atoms with Crippen molar-refractivity contribution < 1.29 is 26.3 Å². The van der Waals surface area contributed by atoms with Crippen LogP contribution < -0.4 is 0 Å². The molecule has 15 heavy (non-hydrogen) atoms. The summed E-state index contributed by atoms with van der Waals surface area (Å²) in [6.45, 7) is 0.749. The van der Waals surface area contributed by atoms with E-state index in [1.165, 1.54) is 0 Å². The van der Waals surface area contributed by atoms with Crippen molar-refractivity contribution in [2.75, 3.05) is 0 Å². The highest BCUT2D eigenvalue weighted by atomic mass is 19.4. The zero-order valence-corrected chi connectivity index (χ0v) is 7.35. The summed E-state index contributed by atoms with van der Waals surface area (Å²) in [5.74, 6) is 0. The summed E-state index contributed by atoms with van der Waals surface area (Å²) in [6.07, 6.45) is -9.67. The fourth-order valence-electron chi connectivity index (χ4n) is 1.11. The van der Waals surface area contributed by atoms with E-state index in [0.29, 0.717) is 6.07 Å². The van der Waals surface area contributed by atoms with Crippen LogP contribution in [0, 0.1) is 19.1 Å². The van der Waals surface area contributed by atoms with Gasteiger partial charge >= 0.3 is 12.4 Å². The van der Waals surface area contributed by atoms with Crippen LogP contribution in [0.3, 0.4) is 0 Å². The molecule has 0 saturated heterocycles. The van der Waals surface area contributed by atoms with Gasteiger partial charge in [-0.3, -0.25) is 0 Å². The molecule has 1 aromatic carbocycles. The highest BCUT2D eigenvalue weighted by molar-refractivity contribution is 5.36. The lowest BCUT2D eigenvalue weighted by Crippen LogP contribution is -2.14. The minimum atomic E-state index is -4.83. The third-order valence-electron chi connectivity index (χ3n) is 1.75. The van der Waals surface area contributed by atoms with Gasteiger partial charge < -0.3 is 0 Å². The molecule has 0 unspecified atom stereocenters. The second kappa shape index (κ2) is 3.43. The van der Waals surface area contributed by atoms with Crippen LogP contribution in [0.2, 0.25) is 0 Å². The lowest BCUT2D eigenvalue weighted by atomic mass is 10.0. The maximum atomic E-state index is 12.2. The number of rotatable bonds is 0. The Hall–Kier alpha value is -1.20. The average Bonchev–Trinajstić information content (AvgIpc) is 1.99. The van der Waals surface area contributed by atoms with E-state index in [2.05, 4.69) is 0 Å². The van der Waals surface area contributed by atoms with Crippen LogP contribution in [0.4, 0.5) is 26.3 Å². The van der Waals surface area contributed by atoms with Crippen molar-refractivity contribution in [3.63, 3.8) is 0 Å². The summed E-state index contributed by atoms with van der Waals surface area (Å²) in [5.41, 5.74) is -3.72. The standard InChI is InChI=1S/C9H4F6/c1-5-6(8(10,11)12)3-2-4-7(5)9(13,14)15/h2H,1H3. The van der Waals surface area contributed by atoms with Crippen molar-refractivity contribution >= 4 is 0 Å². The summed E-state index contributed by atoms with van der Waals surface area (Å²) in [4.78, 5) is 0. The quantitative estimate of drug-likeness (QED) is 0.592. The molecule has 0 heterocycles. The molecule has 0 fully saturated rings. The smallest absolute Gasteiger partial charge is 0.166 e. The third kappa shape index (κ3) is 2.43. The third-order valence-corrected chi connectivity index (χ3v) is 1.75. The van der Waals surface area contributed by atoms with Gasteiger partial charge in [-0.25, -0.2) is 0 Å². The second-order valence-corrected chi connectivity index (χ2v) is 2.80. The maximum Gasteiger partial charge on any atom is 0.417 e. The van der Waals surface area contributed by atoms with Gasteiger partial charge in [0.05, 0.1) is 11.1 Å². The van der Waals surface area contributed by atoms with Gasteiger partial charge in [0.15, 0.2) is 0 Å². The molecule has 0 aliphatic heterocycles. The molecule has 0 aliphatic carbocycles. The van der Waals surface area contributed by atoms with E-state index in [0.717, 1.165) is 6.92 Å². The number of hydrogen-bond acceptors (Lipinski definition) is 0. The van der Waals surface area contributed by atoms with Crippen molar-refractivity contribution in [3.8, 4) is 0 Å². The minimum Gasteiger partial charge on any atom is -0.166 e. The molecule has 0 atom stereocenters. The first-order valence-electron chi connectivity index (χ1n) is 3.71. The molecule has 0 N–H and O–H groups in total. The number of benzene rings is 1. The van der Waals surface area contributed by atoms with Crippen LogP contribution >= 0.6 is 0 Å². The van der Waals surface area contributed by atoms with Crippen LogP contribution in [-0.2, 0) is 12.4 Å². The van der Waals surface area contributed by atoms with E-state index in [9.17, 15) is 26.3 Å². The fraction of sp³-hybridized carbons (Fsp3) is 0.333. The normalized spacial score (nSPS) is 13.0. The van der Waals surface area contributed by atoms with Crippen molar-refractivity contribution in [3.05, 3.63) is 34.9 Å². The molecule has 1 aromatic rings. The molecule has 0 amide bonds. The van der Waals surface area contributed by atoms with Crippen molar-refractivity contribution in [2.24, 2.45) is 0 Å². The number of halogens is 6. The SMILES string of the molecule is Cc1c(C(F)(F)F)[c]c[c]c1C(F)(F)F. The van der Waals surface area contributed by atoms with Crippen molar-refractivity contribution in [1.29, 1.82) is 0 Å². The van der Waals surface area contributed by atoms with Gasteiger partial charge in [0, 0.05) is 0 Å². The first kappa shape index (κ1) is 11.9. The van der Waals surface area contributed by atoms with E-state index in [4.69, 9.17) is 0 Å². The van der Waals surface area contributed by atoms with Crippen LogP contribution in [0.1, 0.15) is 16.7 Å². The Labute approximate surface area is 81.5 Å². The van der Waals surface area contributed by atoms with Crippen LogP contribution in [0.25, 0.3) is 0 Å². The Morgan fingerprint density at radius 1 is 0.867 bits per heavy atom. The molecule has 0 bridgehead atoms. The van der Waals surface area contributed by atoms with E-state index >= 15 is 0 Å². The van der Waals surface area contributed by atoms with E-state index in [1.807, 2.05) is 0 Å². The molecule has 2 radical (unpaired) electrons. The molecule has 1 rings (SSSR count). The summed E-state index contributed by atoms with van der Waals surface area (Å²) >= 11 is 0. The van der Waals surface area contributed by atoms with E-state index in [1.54, 1.807) is 12.1 Å². The first-order chi connectivity index (χ1) is 6.64. The zero-order chi connectivity index (χ0) is 11.9. The molecular weight excluding hydrogens is 222 g/mol. The fourth-order valence-corrected chi connectivity index (χ4v) is 1.11. The highest BCUT2D eigenvalue weighted by Gasteiger charge is 2.39. The van der Waals surface area contributed by atoms with Gasteiger partial charge in [-0.1, -0.05) is 0 Å². The minimum absolute atomic E-state index is 0.499. The predicted octanol–water partition coefficient (Wildman–Crippen LogP) is 3.63.